The SMILES string of the molecule is CCCCCCCCCCCCOS(=O)(=O)[O-].[Na+].[O]=[Zn]. The van der Waals surface area contributed by atoms with Gasteiger partial charge in [0, 0.05) is 0 Å². The Bertz CT molecular complexity index is 275. The summed E-state index contributed by atoms with van der Waals surface area (Å²) >= 11 is 0.125. The predicted octanol–water partition coefficient (Wildman–Crippen LogP) is 0.267. The third kappa shape index (κ3) is 27.6. The molecule has 0 radical (unpaired) electrons. The molecule has 20 heavy (non-hydrogen) atoms. The molecule has 0 heterocycles. The molecule has 5 nitrogen and oxygen atoms in total. The van der Waals surface area contributed by atoms with Crippen molar-refractivity contribution in [2.24, 2.45) is 0 Å². The zero-order chi connectivity index (χ0) is 15.0. The van der Waals surface area contributed by atoms with E-state index in [1.807, 2.05) is 0 Å². The first-order valence-corrected chi connectivity index (χ1v) is 9.50. The van der Waals surface area contributed by atoms with Crippen LogP contribution in [0.3, 0.4) is 0 Å². The van der Waals surface area contributed by atoms with Gasteiger partial charge in [0.1, 0.15) is 0 Å². The van der Waals surface area contributed by atoms with Crippen LogP contribution in [0.5, 0.6) is 0 Å². The summed E-state index contributed by atoms with van der Waals surface area (Å²) in [5.74, 6) is 0. The van der Waals surface area contributed by atoms with Crippen LogP contribution < -0.4 is 29.6 Å². The van der Waals surface area contributed by atoms with Crippen molar-refractivity contribution in [3.05, 3.63) is 0 Å². The Morgan fingerprint density at radius 3 is 1.55 bits per heavy atom. The Morgan fingerprint density at radius 2 is 1.20 bits per heavy atom. The van der Waals surface area contributed by atoms with E-state index in [9.17, 15) is 13.0 Å². The zero-order valence-corrected chi connectivity index (χ0v) is 18.7. The molecule has 0 aliphatic carbocycles. The van der Waals surface area contributed by atoms with Gasteiger partial charge >= 0.3 is 51.4 Å². The first-order chi connectivity index (χ1) is 9.06. The predicted molar refractivity (Wildman–Crippen MR) is 68.2 cm³/mol. The van der Waals surface area contributed by atoms with Crippen molar-refractivity contribution < 1.29 is 68.5 Å². The molecule has 112 valence electrons. The Kier molecular flexibility index (Phi) is 26.6. The molecule has 0 aromatic heterocycles. The molecule has 0 spiro atoms. The minimum atomic E-state index is -4.48. The van der Waals surface area contributed by atoms with E-state index in [0.717, 1.165) is 12.8 Å². The molecular weight excluding hydrogens is 345 g/mol. The van der Waals surface area contributed by atoms with Crippen molar-refractivity contribution in [1.82, 2.24) is 0 Å². The van der Waals surface area contributed by atoms with Gasteiger partial charge in [-0.05, 0) is 6.42 Å². The quantitative estimate of drug-likeness (QED) is 0.213. The van der Waals surface area contributed by atoms with Crippen molar-refractivity contribution in [1.29, 1.82) is 0 Å². The van der Waals surface area contributed by atoms with E-state index < -0.39 is 10.4 Å². The molecule has 0 aromatic rings. The molecule has 0 amide bonds. The van der Waals surface area contributed by atoms with Crippen molar-refractivity contribution in [3.63, 3.8) is 0 Å². The van der Waals surface area contributed by atoms with Crippen LogP contribution in [-0.2, 0) is 36.4 Å². The summed E-state index contributed by atoms with van der Waals surface area (Å²) in [5.41, 5.74) is 0. The van der Waals surface area contributed by atoms with Crippen LogP contribution >= 0.6 is 0 Å². The average molecular weight is 370 g/mol. The van der Waals surface area contributed by atoms with Crippen LogP contribution in [0.15, 0.2) is 0 Å². The van der Waals surface area contributed by atoms with Gasteiger partial charge in [0.25, 0.3) is 0 Å². The van der Waals surface area contributed by atoms with Crippen molar-refractivity contribution in [3.8, 4) is 0 Å². The second-order valence-corrected chi connectivity index (χ2v) is 5.46. The van der Waals surface area contributed by atoms with E-state index in [4.69, 9.17) is 3.57 Å². The molecule has 0 rings (SSSR count). The van der Waals surface area contributed by atoms with Crippen molar-refractivity contribution in [2.75, 3.05) is 6.61 Å². The number of rotatable bonds is 12. The van der Waals surface area contributed by atoms with Gasteiger partial charge in [0.2, 0.25) is 10.4 Å². The summed E-state index contributed by atoms with van der Waals surface area (Å²) in [6.45, 7) is 2.24. The molecule has 0 saturated heterocycles. The number of unbranched alkanes of at least 4 members (excludes halogenated alkanes) is 9. The van der Waals surface area contributed by atoms with E-state index in [2.05, 4.69) is 11.1 Å². The topological polar surface area (TPSA) is 83.5 Å². The molecule has 0 fully saturated rings. The van der Waals surface area contributed by atoms with Crippen LogP contribution in [0.1, 0.15) is 71.1 Å². The summed E-state index contributed by atoms with van der Waals surface area (Å²) < 4.78 is 42.8. The monoisotopic (exact) mass is 368 g/mol. The van der Waals surface area contributed by atoms with Gasteiger partial charge < -0.3 is 4.55 Å². The van der Waals surface area contributed by atoms with Gasteiger partial charge in [-0.25, -0.2) is 8.42 Å². The zero-order valence-electron chi connectivity index (χ0n) is 12.9. The molecule has 0 saturated carbocycles. The van der Waals surface area contributed by atoms with Crippen molar-refractivity contribution >= 4 is 10.4 Å². The first kappa shape index (κ1) is 26.2. The van der Waals surface area contributed by atoms with Gasteiger partial charge in [-0.1, -0.05) is 64.7 Å². The fourth-order valence-electron chi connectivity index (χ4n) is 1.75. The van der Waals surface area contributed by atoms with Crippen molar-refractivity contribution in [2.45, 2.75) is 71.1 Å². The van der Waals surface area contributed by atoms with E-state index in [1.54, 1.807) is 0 Å². The Hall–Kier alpha value is 1.29. The normalized spacial score (nSPS) is 10.4. The van der Waals surface area contributed by atoms with Crippen LogP contribution in [0, 0.1) is 0 Å². The second-order valence-electron chi connectivity index (χ2n) is 4.41. The van der Waals surface area contributed by atoms with Crippen LogP contribution in [0.25, 0.3) is 0 Å². The summed E-state index contributed by atoms with van der Waals surface area (Å²) in [6.07, 6.45) is 11.7. The number of hydrogen-bond donors (Lipinski definition) is 0. The molecular formula is C12H25NaO5SZn. The van der Waals surface area contributed by atoms with Crippen LogP contribution in [-0.4, -0.2) is 19.6 Å². The summed E-state index contributed by atoms with van der Waals surface area (Å²) in [4.78, 5) is 0. The van der Waals surface area contributed by atoms with Gasteiger partial charge in [0.15, 0.2) is 0 Å². The fraction of sp³-hybridized carbons (Fsp3) is 1.00. The van der Waals surface area contributed by atoms with E-state index in [1.165, 1.54) is 44.9 Å². The van der Waals surface area contributed by atoms with E-state index >= 15 is 0 Å². The van der Waals surface area contributed by atoms with Gasteiger partial charge in [-0.2, -0.15) is 0 Å². The maximum absolute atomic E-state index is 10.1. The Balaban J connectivity index is -0.000000916. The number of hydrogen-bond acceptors (Lipinski definition) is 5. The molecule has 0 atom stereocenters. The summed E-state index contributed by atoms with van der Waals surface area (Å²) in [7, 11) is -4.48. The molecule has 0 bridgehead atoms. The Labute approximate surface area is 155 Å². The van der Waals surface area contributed by atoms with Gasteiger partial charge in [-0.3, -0.25) is 4.18 Å². The third-order valence-electron chi connectivity index (χ3n) is 2.73. The van der Waals surface area contributed by atoms with Gasteiger partial charge in [0.05, 0.1) is 6.61 Å². The van der Waals surface area contributed by atoms with Crippen LogP contribution in [0.2, 0.25) is 0 Å². The molecule has 0 unspecified atom stereocenters. The molecule has 0 N–H and O–H groups in total. The summed E-state index contributed by atoms with van der Waals surface area (Å²) in [6, 6.07) is 0. The third-order valence-corrected chi connectivity index (χ3v) is 3.18. The standard InChI is InChI=1S/C12H26O4S.Na.O.Zn/c1-2-3-4-5-6-7-8-9-10-11-12-16-17(13,14)15;;;/h2-12H2,1H3,(H,13,14,15);;;/q;+1;;/p-1. The average Bonchev–Trinajstić information content (AvgIpc) is 2.37. The fourth-order valence-corrected chi connectivity index (χ4v) is 2.07. The molecule has 8 heteroatoms. The molecule has 0 aliphatic rings. The minimum absolute atomic E-state index is 0. The second kappa shape index (κ2) is 20.3. The summed E-state index contributed by atoms with van der Waals surface area (Å²) in [5, 5.41) is 0. The van der Waals surface area contributed by atoms with E-state index in [-0.39, 0.29) is 54.4 Å². The molecule has 0 aromatic carbocycles. The maximum atomic E-state index is 10.1. The van der Waals surface area contributed by atoms with E-state index in [0.29, 0.717) is 6.42 Å². The first-order valence-electron chi connectivity index (χ1n) is 6.95. The van der Waals surface area contributed by atoms with Crippen LogP contribution in [0.4, 0.5) is 0 Å². The van der Waals surface area contributed by atoms with Gasteiger partial charge in [-0.15, -0.1) is 0 Å². The Morgan fingerprint density at radius 1 is 0.850 bits per heavy atom. The molecule has 0 aliphatic heterocycles.